The average Bonchev–Trinajstić information content (AvgIpc) is 3.14. The maximum absolute atomic E-state index is 12.8. The Morgan fingerprint density at radius 3 is 2.59 bits per heavy atom. The fraction of sp³-hybridized carbons (Fsp3) is 0.200. The lowest BCUT2D eigenvalue weighted by Crippen LogP contribution is -2.25. The van der Waals surface area contributed by atoms with Crippen molar-refractivity contribution < 1.29 is 4.79 Å². The van der Waals surface area contributed by atoms with Crippen molar-refractivity contribution in [3.05, 3.63) is 69.1 Å². The molecule has 0 atom stereocenters. The number of nitrogens with zero attached hydrogens (tertiary/aromatic N) is 3. The van der Waals surface area contributed by atoms with E-state index in [2.05, 4.69) is 17.1 Å². The molecule has 138 valence electrons. The summed E-state index contributed by atoms with van der Waals surface area (Å²) in [5.41, 5.74) is 2.27. The Labute approximate surface area is 172 Å². The smallest absolute Gasteiger partial charge is 0.269 e. The number of carbonyl (C=O) groups excluding carboxylic acids is 1. The number of benzene rings is 2. The van der Waals surface area contributed by atoms with Gasteiger partial charge in [0.1, 0.15) is 4.91 Å². The number of aliphatic imine (C=N–C) groups is 1. The highest BCUT2D eigenvalue weighted by atomic mass is 35.5. The predicted octanol–water partition coefficient (Wildman–Crippen LogP) is 4.85. The fourth-order valence-electron chi connectivity index (χ4n) is 2.96. The van der Waals surface area contributed by atoms with Crippen LogP contribution < -0.4 is 4.90 Å². The molecule has 0 aromatic heterocycles. The Kier molecular flexibility index (Phi) is 5.21. The van der Waals surface area contributed by atoms with Crippen molar-refractivity contribution in [3.63, 3.8) is 0 Å². The van der Waals surface area contributed by atoms with Crippen molar-refractivity contribution in [1.82, 2.24) is 4.90 Å². The van der Waals surface area contributed by atoms with Crippen molar-refractivity contribution >= 4 is 51.9 Å². The molecule has 0 spiro atoms. The molecule has 4 rings (SSSR count). The third-order valence-electron chi connectivity index (χ3n) is 4.46. The van der Waals surface area contributed by atoms with Crippen LogP contribution in [0.3, 0.4) is 0 Å². The molecule has 2 heterocycles. The SMILES string of the molecule is CN1C(=O)/C(=C2/Sc3ccc(Cl)cc3N2C)SC1=NCCc1ccccc1. The summed E-state index contributed by atoms with van der Waals surface area (Å²) in [4.78, 5) is 23.0. The molecule has 1 amide bonds. The van der Waals surface area contributed by atoms with Crippen molar-refractivity contribution in [2.45, 2.75) is 11.3 Å². The van der Waals surface area contributed by atoms with Crippen LogP contribution >= 0.6 is 35.1 Å². The molecule has 7 heteroatoms. The largest absolute Gasteiger partial charge is 0.337 e. The van der Waals surface area contributed by atoms with Gasteiger partial charge in [0.05, 0.1) is 10.7 Å². The van der Waals surface area contributed by atoms with Gasteiger partial charge in [-0.05, 0) is 41.9 Å². The van der Waals surface area contributed by atoms with Crippen LogP contribution in [0.5, 0.6) is 0 Å². The van der Waals surface area contributed by atoms with E-state index in [9.17, 15) is 4.79 Å². The zero-order valence-electron chi connectivity index (χ0n) is 15.0. The van der Waals surface area contributed by atoms with Crippen LogP contribution in [0.15, 0.2) is 68.4 Å². The van der Waals surface area contributed by atoms with Crippen molar-refractivity contribution in [3.8, 4) is 0 Å². The third kappa shape index (κ3) is 3.61. The summed E-state index contributed by atoms with van der Waals surface area (Å²) >= 11 is 9.18. The second kappa shape index (κ2) is 7.62. The summed E-state index contributed by atoms with van der Waals surface area (Å²) in [6.45, 7) is 0.658. The Morgan fingerprint density at radius 2 is 1.81 bits per heavy atom. The van der Waals surface area contributed by atoms with Crippen LogP contribution in [0.25, 0.3) is 0 Å². The summed E-state index contributed by atoms with van der Waals surface area (Å²) in [5, 5.41) is 2.38. The Bertz CT molecular complexity index is 959. The van der Waals surface area contributed by atoms with E-state index in [1.165, 1.54) is 17.3 Å². The molecular weight excluding hydrogens is 398 g/mol. The molecule has 27 heavy (non-hydrogen) atoms. The first-order chi connectivity index (χ1) is 13.0. The van der Waals surface area contributed by atoms with E-state index in [0.717, 1.165) is 32.1 Å². The maximum atomic E-state index is 12.8. The molecule has 2 aromatic carbocycles. The molecule has 0 radical (unpaired) electrons. The second-order valence-electron chi connectivity index (χ2n) is 6.27. The lowest BCUT2D eigenvalue weighted by molar-refractivity contribution is -0.121. The van der Waals surface area contributed by atoms with Gasteiger partial charge < -0.3 is 4.90 Å². The number of fused-ring (bicyclic) bond motifs is 1. The normalized spacial score (nSPS) is 20.7. The van der Waals surface area contributed by atoms with E-state index < -0.39 is 0 Å². The molecule has 0 bridgehead atoms. The first-order valence-electron chi connectivity index (χ1n) is 8.54. The summed E-state index contributed by atoms with van der Waals surface area (Å²) in [6, 6.07) is 16.1. The van der Waals surface area contributed by atoms with Crippen LogP contribution in [0, 0.1) is 0 Å². The summed E-state index contributed by atoms with van der Waals surface area (Å²) < 4.78 is 0. The van der Waals surface area contributed by atoms with Crippen LogP contribution in [0.1, 0.15) is 5.56 Å². The number of halogens is 1. The van der Waals surface area contributed by atoms with Crippen LogP contribution in [-0.4, -0.2) is 36.6 Å². The highest BCUT2D eigenvalue weighted by Crippen LogP contribution is 2.50. The van der Waals surface area contributed by atoms with E-state index in [-0.39, 0.29) is 5.91 Å². The average molecular weight is 416 g/mol. The van der Waals surface area contributed by atoms with E-state index in [4.69, 9.17) is 11.6 Å². The zero-order valence-corrected chi connectivity index (χ0v) is 17.4. The van der Waals surface area contributed by atoms with Crippen molar-refractivity contribution in [1.29, 1.82) is 0 Å². The van der Waals surface area contributed by atoms with Crippen LogP contribution in [0.2, 0.25) is 5.02 Å². The molecule has 0 saturated carbocycles. The summed E-state index contributed by atoms with van der Waals surface area (Å²) in [5.74, 6) is -0.00767. The molecule has 1 saturated heterocycles. The topological polar surface area (TPSA) is 35.9 Å². The Hall–Kier alpha value is -1.89. The molecule has 4 nitrogen and oxygen atoms in total. The van der Waals surface area contributed by atoms with Gasteiger partial charge in [-0.2, -0.15) is 0 Å². The second-order valence-corrected chi connectivity index (χ2v) is 8.72. The number of amides is 1. The van der Waals surface area contributed by atoms with Gasteiger partial charge in [-0.25, -0.2) is 0 Å². The minimum atomic E-state index is -0.00767. The first-order valence-corrected chi connectivity index (χ1v) is 10.6. The van der Waals surface area contributed by atoms with Gasteiger partial charge in [0, 0.05) is 30.6 Å². The monoisotopic (exact) mass is 415 g/mol. The Balaban J connectivity index is 1.54. The number of amidine groups is 1. The fourth-order valence-corrected chi connectivity index (χ4v) is 5.44. The number of carbonyl (C=O) groups is 1. The summed E-state index contributed by atoms with van der Waals surface area (Å²) in [6.07, 6.45) is 0.859. The minimum Gasteiger partial charge on any atom is -0.337 e. The van der Waals surface area contributed by atoms with Crippen molar-refractivity contribution in [2.24, 2.45) is 4.99 Å². The first kappa shape index (κ1) is 18.5. The highest BCUT2D eigenvalue weighted by Gasteiger charge is 2.37. The number of thioether (sulfide) groups is 2. The Morgan fingerprint density at radius 1 is 1.04 bits per heavy atom. The van der Waals surface area contributed by atoms with E-state index in [0.29, 0.717) is 11.6 Å². The van der Waals surface area contributed by atoms with Crippen LogP contribution in [0.4, 0.5) is 5.69 Å². The molecule has 1 fully saturated rings. The predicted molar refractivity (Wildman–Crippen MR) is 116 cm³/mol. The number of hydrogen-bond donors (Lipinski definition) is 0. The van der Waals surface area contributed by atoms with Crippen molar-refractivity contribution in [2.75, 3.05) is 25.5 Å². The number of anilines is 1. The highest BCUT2D eigenvalue weighted by molar-refractivity contribution is 8.19. The van der Waals surface area contributed by atoms with Gasteiger partial charge in [-0.1, -0.05) is 53.7 Å². The van der Waals surface area contributed by atoms with Gasteiger partial charge in [0.2, 0.25) is 0 Å². The van der Waals surface area contributed by atoms with Gasteiger partial charge in [0.15, 0.2) is 5.17 Å². The van der Waals surface area contributed by atoms with E-state index >= 15 is 0 Å². The molecule has 2 aliphatic heterocycles. The molecule has 2 aliphatic rings. The zero-order chi connectivity index (χ0) is 19.0. The standard InChI is InChI=1S/C20H18ClN3OS2/c1-23-15-12-14(21)8-9-16(15)26-19(23)17-18(25)24(2)20(27-17)22-11-10-13-6-4-3-5-7-13/h3-9,12H,10-11H2,1-2H3/b19-17-,22-20?. The molecule has 2 aromatic rings. The molecule has 0 aliphatic carbocycles. The van der Waals surface area contributed by atoms with Crippen LogP contribution in [-0.2, 0) is 11.2 Å². The van der Waals surface area contributed by atoms with Gasteiger partial charge in [-0.15, -0.1) is 0 Å². The van der Waals surface area contributed by atoms with Gasteiger partial charge in [-0.3, -0.25) is 14.7 Å². The lowest BCUT2D eigenvalue weighted by atomic mass is 10.2. The number of likely N-dealkylation sites (N-methyl/N-ethyl adjacent to an activating group) is 1. The quantitative estimate of drug-likeness (QED) is 0.671. The molecule has 0 unspecified atom stereocenters. The lowest BCUT2D eigenvalue weighted by Gasteiger charge is -2.14. The minimum absolute atomic E-state index is 0.00767. The maximum Gasteiger partial charge on any atom is 0.269 e. The van der Waals surface area contributed by atoms with Gasteiger partial charge >= 0.3 is 0 Å². The van der Waals surface area contributed by atoms with E-state index in [1.807, 2.05) is 48.3 Å². The molecular formula is C20H18ClN3OS2. The summed E-state index contributed by atoms with van der Waals surface area (Å²) in [7, 11) is 3.75. The van der Waals surface area contributed by atoms with Gasteiger partial charge in [0.25, 0.3) is 5.91 Å². The third-order valence-corrected chi connectivity index (χ3v) is 7.22. The number of rotatable bonds is 3. The van der Waals surface area contributed by atoms with E-state index in [1.54, 1.807) is 23.7 Å². The number of hydrogen-bond acceptors (Lipinski definition) is 5. The molecule has 0 N–H and O–H groups in total.